The highest BCUT2D eigenvalue weighted by Crippen LogP contribution is 2.23. The van der Waals surface area contributed by atoms with Crippen molar-refractivity contribution in [2.45, 2.75) is 26.3 Å². The van der Waals surface area contributed by atoms with Crippen LogP contribution in [0.3, 0.4) is 0 Å². The molecule has 100 valence electrons. The van der Waals surface area contributed by atoms with Gasteiger partial charge in [0.1, 0.15) is 5.75 Å². The zero-order valence-electron chi connectivity index (χ0n) is 10.9. The van der Waals surface area contributed by atoms with Crippen LogP contribution >= 0.6 is 15.9 Å². The summed E-state index contributed by atoms with van der Waals surface area (Å²) in [6, 6.07) is 5.84. The highest BCUT2D eigenvalue weighted by molar-refractivity contribution is 9.10. The van der Waals surface area contributed by atoms with Gasteiger partial charge in [-0.3, -0.25) is 0 Å². The van der Waals surface area contributed by atoms with E-state index in [9.17, 15) is 0 Å². The van der Waals surface area contributed by atoms with Gasteiger partial charge in [0, 0.05) is 16.6 Å². The molecule has 0 bridgehead atoms. The van der Waals surface area contributed by atoms with Gasteiger partial charge < -0.3 is 15.8 Å². The highest BCUT2D eigenvalue weighted by Gasteiger charge is 2.03. The van der Waals surface area contributed by atoms with Crippen LogP contribution in [0.15, 0.2) is 27.7 Å². The normalized spacial score (nSPS) is 11.4. The predicted octanol–water partition coefficient (Wildman–Crippen LogP) is 2.66. The lowest BCUT2D eigenvalue weighted by Gasteiger charge is -2.08. The number of hydrogen-bond acceptors (Lipinski definition) is 2. The van der Waals surface area contributed by atoms with Crippen molar-refractivity contribution >= 4 is 21.9 Å². The minimum absolute atomic E-state index is 0.477. The van der Waals surface area contributed by atoms with E-state index in [0.717, 1.165) is 35.2 Å². The van der Waals surface area contributed by atoms with E-state index < -0.39 is 0 Å². The lowest BCUT2D eigenvalue weighted by atomic mass is 10.2. The fourth-order valence-electron chi connectivity index (χ4n) is 1.49. The van der Waals surface area contributed by atoms with Gasteiger partial charge in [0.25, 0.3) is 0 Å². The van der Waals surface area contributed by atoms with Gasteiger partial charge in [-0.15, -0.1) is 0 Å². The van der Waals surface area contributed by atoms with Gasteiger partial charge in [-0.2, -0.15) is 0 Å². The number of hydrogen-bond donors (Lipinski definition) is 2. The molecule has 5 heteroatoms. The molecule has 0 heterocycles. The van der Waals surface area contributed by atoms with Gasteiger partial charge in [-0.05, 0) is 24.6 Å². The van der Waals surface area contributed by atoms with Gasteiger partial charge in [0.15, 0.2) is 5.96 Å². The molecule has 0 aliphatic carbocycles. The fourth-order valence-corrected chi connectivity index (χ4v) is 1.90. The SMILES string of the molecule is CCCCNC(N)=NCc1cc(Br)ccc1OC. The van der Waals surface area contributed by atoms with E-state index in [-0.39, 0.29) is 0 Å². The maximum atomic E-state index is 5.78. The second-order valence-electron chi connectivity index (χ2n) is 3.94. The number of halogens is 1. The average Bonchev–Trinajstić information content (AvgIpc) is 2.37. The van der Waals surface area contributed by atoms with Crippen LogP contribution in [0.25, 0.3) is 0 Å². The third kappa shape index (κ3) is 4.96. The third-order valence-corrected chi connectivity index (χ3v) is 2.99. The smallest absolute Gasteiger partial charge is 0.188 e. The molecule has 0 atom stereocenters. The van der Waals surface area contributed by atoms with Crippen LogP contribution < -0.4 is 15.8 Å². The van der Waals surface area contributed by atoms with Crippen molar-refractivity contribution in [3.63, 3.8) is 0 Å². The van der Waals surface area contributed by atoms with Gasteiger partial charge in [-0.25, -0.2) is 4.99 Å². The van der Waals surface area contributed by atoms with Crippen LogP contribution in [0.2, 0.25) is 0 Å². The molecule has 0 amide bonds. The van der Waals surface area contributed by atoms with E-state index in [4.69, 9.17) is 10.5 Å². The maximum absolute atomic E-state index is 5.78. The molecule has 1 aromatic carbocycles. The zero-order valence-corrected chi connectivity index (χ0v) is 12.5. The predicted molar refractivity (Wildman–Crippen MR) is 78.9 cm³/mol. The van der Waals surface area contributed by atoms with Crippen LogP contribution in [-0.2, 0) is 6.54 Å². The van der Waals surface area contributed by atoms with E-state index >= 15 is 0 Å². The topological polar surface area (TPSA) is 59.6 Å². The van der Waals surface area contributed by atoms with E-state index in [1.807, 2.05) is 18.2 Å². The number of methoxy groups -OCH3 is 1. The highest BCUT2D eigenvalue weighted by atomic mass is 79.9. The first kappa shape index (κ1) is 14.8. The summed E-state index contributed by atoms with van der Waals surface area (Å²) in [4.78, 5) is 4.30. The lowest BCUT2D eigenvalue weighted by molar-refractivity contribution is 0.410. The van der Waals surface area contributed by atoms with Gasteiger partial charge in [0.2, 0.25) is 0 Å². The molecule has 0 unspecified atom stereocenters. The lowest BCUT2D eigenvalue weighted by Crippen LogP contribution is -2.32. The second-order valence-corrected chi connectivity index (χ2v) is 4.85. The molecule has 0 aliphatic heterocycles. The Morgan fingerprint density at radius 1 is 1.50 bits per heavy atom. The Bertz CT molecular complexity index is 407. The molecule has 0 aromatic heterocycles. The molecule has 0 aliphatic rings. The fraction of sp³-hybridized carbons (Fsp3) is 0.462. The molecule has 18 heavy (non-hydrogen) atoms. The minimum atomic E-state index is 0.477. The van der Waals surface area contributed by atoms with E-state index in [1.54, 1.807) is 7.11 Å². The number of aliphatic imine (C=N–C) groups is 1. The quantitative estimate of drug-likeness (QED) is 0.482. The maximum Gasteiger partial charge on any atom is 0.188 e. The molecule has 0 radical (unpaired) electrons. The molecule has 1 rings (SSSR count). The number of unbranched alkanes of at least 4 members (excludes halogenated alkanes) is 1. The van der Waals surface area contributed by atoms with E-state index in [0.29, 0.717) is 12.5 Å². The van der Waals surface area contributed by atoms with Crippen molar-refractivity contribution in [3.05, 3.63) is 28.2 Å². The molecular formula is C13H20BrN3O. The summed E-state index contributed by atoms with van der Waals surface area (Å²) in [7, 11) is 1.65. The molecule has 0 spiro atoms. The van der Waals surface area contributed by atoms with Gasteiger partial charge in [0.05, 0.1) is 13.7 Å². The number of ether oxygens (including phenoxy) is 1. The molecule has 1 aromatic rings. The molecule has 0 saturated heterocycles. The first-order valence-corrected chi connectivity index (χ1v) is 6.83. The Balaban J connectivity index is 2.61. The summed E-state index contributed by atoms with van der Waals surface area (Å²) in [6.07, 6.45) is 2.23. The molecule has 4 nitrogen and oxygen atoms in total. The number of guanidine groups is 1. The Hall–Kier alpha value is -1.23. The summed E-state index contributed by atoms with van der Waals surface area (Å²) < 4.78 is 6.29. The van der Waals surface area contributed by atoms with Crippen LogP contribution in [0.1, 0.15) is 25.3 Å². The number of rotatable bonds is 6. The van der Waals surface area contributed by atoms with E-state index in [1.165, 1.54) is 0 Å². The summed E-state index contributed by atoms with van der Waals surface area (Å²) in [5, 5.41) is 3.08. The largest absolute Gasteiger partial charge is 0.496 e. The number of benzene rings is 1. The van der Waals surface area contributed by atoms with Crippen LogP contribution in [-0.4, -0.2) is 19.6 Å². The summed E-state index contributed by atoms with van der Waals surface area (Å²) in [5.41, 5.74) is 6.78. The van der Waals surface area contributed by atoms with Crippen molar-refractivity contribution in [2.24, 2.45) is 10.7 Å². The Morgan fingerprint density at radius 2 is 2.28 bits per heavy atom. The van der Waals surface area contributed by atoms with Crippen molar-refractivity contribution in [2.75, 3.05) is 13.7 Å². The molecule has 3 N–H and O–H groups in total. The van der Waals surface area contributed by atoms with Gasteiger partial charge in [-0.1, -0.05) is 29.3 Å². The second kappa shape index (κ2) is 7.97. The third-order valence-electron chi connectivity index (χ3n) is 2.50. The molecule has 0 fully saturated rings. The van der Waals surface area contributed by atoms with Crippen LogP contribution in [0.5, 0.6) is 5.75 Å². The van der Waals surface area contributed by atoms with Crippen molar-refractivity contribution in [1.82, 2.24) is 5.32 Å². The Labute approximate surface area is 117 Å². The summed E-state index contributed by atoms with van der Waals surface area (Å²) in [6.45, 7) is 3.51. The number of nitrogens with zero attached hydrogens (tertiary/aromatic N) is 1. The van der Waals surface area contributed by atoms with E-state index in [2.05, 4.69) is 33.2 Å². The number of nitrogens with one attached hydrogen (secondary N) is 1. The standard InChI is InChI=1S/C13H20BrN3O/c1-3-4-7-16-13(15)17-9-10-8-11(14)5-6-12(10)18-2/h5-6,8H,3-4,7,9H2,1-2H3,(H3,15,16,17). The first-order valence-electron chi connectivity index (χ1n) is 6.03. The minimum Gasteiger partial charge on any atom is -0.496 e. The van der Waals surface area contributed by atoms with Crippen LogP contribution in [0, 0.1) is 0 Å². The van der Waals surface area contributed by atoms with Crippen molar-refractivity contribution in [1.29, 1.82) is 0 Å². The summed E-state index contributed by atoms with van der Waals surface area (Å²) >= 11 is 3.43. The molecular weight excluding hydrogens is 294 g/mol. The first-order chi connectivity index (χ1) is 8.67. The Morgan fingerprint density at radius 3 is 2.94 bits per heavy atom. The molecule has 0 saturated carbocycles. The Kier molecular flexibility index (Phi) is 6.57. The van der Waals surface area contributed by atoms with Crippen LogP contribution in [0.4, 0.5) is 0 Å². The summed E-state index contributed by atoms with van der Waals surface area (Å²) in [5.74, 6) is 1.30. The average molecular weight is 314 g/mol. The number of nitrogens with two attached hydrogens (primary N) is 1. The van der Waals surface area contributed by atoms with Crippen molar-refractivity contribution in [3.8, 4) is 5.75 Å². The van der Waals surface area contributed by atoms with Crippen molar-refractivity contribution < 1.29 is 4.74 Å². The van der Waals surface area contributed by atoms with Gasteiger partial charge >= 0.3 is 0 Å². The zero-order chi connectivity index (χ0) is 13.4. The monoisotopic (exact) mass is 313 g/mol.